The van der Waals surface area contributed by atoms with Gasteiger partial charge in [-0.05, 0) is 38.5 Å². The predicted octanol–water partition coefficient (Wildman–Crippen LogP) is 9.58. The molecular formula is C43H79NO7. The Morgan fingerprint density at radius 1 is 0.608 bits per heavy atom. The number of quaternary nitrogens is 1. The van der Waals surface area contributed by atoms with Crippen LogP contribution in [0.4, 0.5) is 0 Å². The Morgan fingerprint density at radius 3 is 1.61 bits per heavy atom. The van der Waals surface area contributed by atoms with Crippen LogP contribution >= 0.6 is 0 Å². The number of carboxylic acids is 1. The number of esters is 2. The van der Waals surface area contributed by atoms with Gasteiger partial charge >= 0.3 is 11.9 Å². The van der Waals surface area contributed by atoms with Crippen LogP contribution in [0.15, 0.2) is 24.3 Å². The molecule has 0 radical (unpaired) electrons. The molecule has 0 saturated heterocycles. The molecule has 0 aromatic carbocycles. The molecule has 2 atom stereocenters. The summed E-state index contributed by atoms with van der Waals surface area (Å²) in [6, 6.07) is -0.723. The van der Waals surface area contributed by atoms with Crippen molar-refractivity contribution >= 4 is 17.9 Å². The first-order valence-electron chi connectivity index (χ1n) is 20.9. The zero-order chi connectivity index (χ0) is 37.8. The Bertz CT molecular complexity index is 895. The lowest BCUT2D eigenvalue weighted by molar-refractivity contribution is -0.889. The molecule has 0 aromatic rings. The number of likely N-dealkylation sites (N-methyl/N-ethyl adjacent to an activating group) is 1. The number of hydrogen-bond acceptors (Lipinski definition) is 7. The van der Waals surface area contributed by atoms with Crippen LogP contribution in [0.2, 0.25) is 0 Å². The van der Waals surface area contributed by atoms with E-state index in [-0.39, 0.29) is 42.7 Å². The molecule has 0 rings (SSSR count). The maximum absolute atomic E-state index is 12.7. The summed E-state index contributed by atoms with van der Waals surface area (Å²) >= 11 is 0. The highest BCUT2D eigenvalue weighted by molar-refractivity contribution is 5.70. The largest absolute Gasteiger partial charge is 0.544 e. The summed E-state index contributed by atoms with van der Waals surface area (Å²) in [5.74, 6) is -1.74. The maximum atomic E-state index is 12.7. The van der Waals surface area contributed by atoms with Gasteiger partial charge in [-0.2, -0.15) is 0 Å². The third-order valence-corrected chi connectivity index (χ3v) is 9.35. The third-order valence-electron chi connectivity index (χ3n) is 9.35. The van der Waals surface area contributed by atoms with Crippen molar-refractivity contribution in [2.24, 2.45) is 0 Å². The van der Waals surface area contributed by atoms with Gasteiger partial charge in [0.05, 0.1) is 40.3 Å². The predicted molar refractivity (Wildman–Crippen MR) is 208 cm³/mol. The summed E-state index contributed by atoms with van der Waals surface area (Å²) in [4.78, 5) is 36.7. The van der Waals surface area contributed by atoms with E-state index in [2.05, 4.69) is 38.2 Å². The van der Waals surface area contributed by atoms with Crippen molar-refractivity contribution in [2.45, 2.75) is 193 Å². The molecule has 8 nitrogen and oxygen atoms in total. The minimum atomic E-state index is -1.13. The normalized spacial score (nSPS) is 13.2. The smallest absolute Gasteiger partial charge is 0.306 e. The standard InChI is InChI=1S/C43H79NO7/c1-6-8-10-12-14-16-18-20-22-23-25-27-29-31-33-41(45)50-38-39(37-49-36-35-40(43(47)48)44(3,4)5)51-42(46)34-32-30-28-26-24-21-19-17-15-13-11-9-7-2/h8,10,14,16,39-40H,6-7,9,11-13,15,17-38H2,1-5H3/b10-8+,16-14+. The third kappa shape index (κ3) is 33.4. The minimum absolute atomic E-state index is 0.0419. The van der Waals surface area contributed by atoms with Crippen LogP contribution in [0.3, 0.4) is 0 Å². The summed E-state index contributed by atoms with van der Waals surface area (Å²) in [6.07, 6.45) is 36.2. The van der Waals surface area contributed by atoms with E-state index in [0.717, 1.165) is 57.8 Å². The summed E-state index contributed by atoms with van der Waals surface area (Å²) in [5, 5.41) is 11.6. The number of aliphatic carboxylic acids is 1. The van der Waals surface area contributed by atoms with Gasteiger partial charge in [-0.3, -0.25) is 9.59 Å². The van der Waals surface area contributed by atoms with Crippen molar-refractivity contribution in [2.75, 3.05) is 41.0 Å². The van der Waals surface area contributed by atoms with E-state index in [1.54, 1.807) is 21.1 Å². The fourth-order valence-electron chi connectivity index (χ4n) is 6.11. The van der Waals surface area contributed by atoms with E-state index < -0.39 is 18.1 Å². The molecule has 0 bridgehead atoms. The molecule has 2 unspecified atom stereocenters. The first kappa shape index (κ1) is 48.8. The van der Waals surface area contributed by atoms with Crippen LogP contribution in [0, 0.1) is 0 Å². The second-order valence-electron chi connectivity index (χ2n) is 15.2. The molecule has 298 valence electrons. The number of hydrogen-bond donors (Lipinski definition) is 0. The van der Waals surface area contributed by atoms with Crippen molar-refractivity contribution in [1.82, 2.24) is 0 Å². The average Bonchev–Trinajstić information content (AvgIpc) is 3.08. The SMILES string of the molecule is CC/C=C/C/C=C/CCCCCCCCCC(=O)OCC(COCCC(C(=O)[O-])[N+](C)(C)C)OC(=O)CCCCCCCCCCCCCCC. The summed E-state index contributed by atoms with van der Waals surface area (Å²) in [6.45, 7) is 4.55. The summed E-state index contributed by atoms with van der Waals surface area (Å²) in [5.41, 5.74) is 0. The van der Waals surface area contributed by atoms with Crippen LogP contribution in [-0.2, 0) is 28.6 Å². The first-order valence-corrected chi connectivity index (χ1v) is 20.9. The zero-order valence-electron chi connectivity index (χ0n) is 33.8. The molecule has 0 heterocycles. The van der Waals surface area contributed by atoms with Gasteiger partial charge in [0.1, 0.15) is 12.6 Å². The molecule has 0 aromatic heterocycles. The number of rotatable bonds is 37. The summed E-state index contributed by atoms with van der Waals surface area (Å²) in [7, 11) is 5.40. The van der Waals surface area contributed by atoms with Crippen molar-refractivity contribution in [3.05, 3.63) is 24.3 Å². The molecule has 0 saturated carbocycles. The van der Waals surface area contributed by atoms with Crippen molar-refractivity contribution in [1.29, 1.82) is 0 Å². The Labute approximate surface area is 313 Å². The number of carbonyl (C=O) groups is 3. The lowest BCUT2D eigenvalue weighted by Crippen LogP contribution is -2.55. The molecule has 0 aliphatic carbocycles. The number of ether oxygens (including phenoxy) is 3. The van der Waals surface area contributed by atoms with E-state index in [1.807, 2.05) is 0 Å². The number of carbonyl (C=O) groups excluding carboxylic acids is 3. The van der Waals surface area contributed by atoms with Crippen molar-refractivity contribution in [3.63, 3.8) is 0 Å². The van der Waals surface area contributed by atoms with Gasteiger partial charge in [0.2, 0.25) is 0 Å². The Kier molecular flexibility index (Phi) is 33.4. The molecule has 0 amide bonds. The molecule has 0 fully saturated rings. The van der Waals surface area contributed by atoms with Crippen LogP contribution in [0.1, 0.15) is 181 Å². The number of nitrogens with zero attached hydrogens (tertiary/aromatic N) is 1. The lowest BCUT2D eigenvalue weighted by atomic mass is 10.0. The maximum Gasteiger partial charge on any atom is 0.306 e. The minimum Gasteiger partial charge on any atom is -0.544 e. The molecule has 0 aliphatic rings. The quantitative estimate of drug-likeness (QED) is 0.0273. The van der Waals surface area contributed by atoms with Gasteiger partial charge in [-0.1, -0.05) is 147 Å². The highest BCUT2D eigenvalue weighted by Crippen LogP contribution is 2.15. The fraction of sp³-hybridized carbons (Fsp3) is 0.837. The fourth-order valence-corrected chi connectivity index (χ4v) is 6.11. The average molecular weight is 722 g/mol. The highest BCUT2D eigenvalue weighted by atomic mass is 16.6. The van der Waals surface area contributed by atoms with Gasteiger partial charge in [0, 0.05) is 19.3 Å². The van der Waals surface area contributed by atoms with E-state index in [4.69, 9.17) is 14.2 Å². The highest BCUT2D eigenvalue weighted by Gasteiger charge is 2.25. The summed E-state index contributed by atoms with van der Waals surface area (Å²) < 4.78 is 17.1. The Morgan fingerprint density at radius 2 is 1.10 bits per heavy atom. The first-order chi connectivity index (χ1) is 24.6. The molecule has 0 aliphatic heterocycles. The molecule has 0 spiro atoms. The van der Waals surface area contributed by atoms with Crippen molar-refractivity contribution < 1.29 is 38.2 Å². The Hall–Kier alpha value is -2.19. The van der Waals surface area contributed by atoms with Crippen LogP contribution in [0.5, 0.6) is 0 Å². The lowest BCUT2D eigenvalue weighted by Gasteiger charge is -2.34. The second kappa shape index (κ2) is 34.9. The molecule has 51 heavy (non-hydrogen) atoms. The topological polar surface area (TPSA) is 102 Å². The van der Waals surface area contributed by atoms with Gasteiger partial charge in [-0.15, -0.1) is 0 Å². The van der Waals surface area contributed by atoms with E-state index in [0.29, 0.717) is 12.8 Å². The van der Waals surface area contributed by atoms with Crippen LogP contribution in [-0.4, -0.2) is 75.5 Å². The second-order valence-corrected chi connectivity index (χ2v) is 15.2. The number of carboxylic acid groups (broad SMARTS) is 1. The van der Waals surface area contributed by atoms with E-state index in [1.165, 1.54) is 89.9 Å². The molecule has 0 N–H and O–H groups in total. The van der Waals surface area contributed by atoms with Crippen molar-refractivity contribution in [3.8, 4) is 0 Å². The Balaban J connectivity index is 4.36. The van der Waals surface area contributed by atoms with Crippen LogP contribution in [0.25, 0.3) is 0 Å². The van der Waals surface area contributed by atoms with E-state index in [9.17, 15) is 19.5 Å². The van der Waals surface area contributed by atoms with Crippen LogP contribution < -0.4 is 5.11 Å². The van der Waals surface area contributed by atoms with E-state index >= 15 is 0 Å². The molecular weight excluding hydrogens is 642 g/mol. The van der Waals surface area contributed by atoms with Gasteiger partial charge in [-0.25, -0.2) is 0 Å². The zero-order valence-corrected chi connectivity index (χ0v) is 33.8. The van der Waals surface area contributed by atoms with Gasteiger partial charge in [0.15, 0.2) is 6.10 Å². The monoisotopic (exact) mass is 722 g/mol. The number of unbranched alkanes of at least 4 members (excludes halogenated alkanes) is 19. The number of allylic oxidation sites excluding steroid dienone is 4. The van der Waals surface area contributed by atoms with Gasteiger partial charge < -0.3 is 28.6 Å². The molecule has 8 heteroatoms. The van der Waals surface area contributed by atoms with Gasteiger partial charge in [0.25, 0.3) is 0 Å².